The topological polar surface area (TPSA) is 53.1 Å². The van der Waals surface area contributed by atoms with Gasteiger partial charge in [0.05, 0.1) is 7.11 Å². The smallest absolute Gasteiger partial charge is 0.118 e. The normalized spacial score (nSPS) is 12.3. The van der Waals surface area contributed by atoms with E-state index in [1.54, 1.807) is 7.11 Å². The van der Waals surface area contributed by atoms with Crippen molar-refractivity contribution in [3.8, 4) is 5.75 Å². The zero-order valence-corrected chi connectivity index (χ0v) is 12.2. The summed E-state index contributed by atoms with van der Waals surface area (Å²) in [4.78, 5) is 4.36. The first kappa shape index (κ1) is 14.6. The lowest BCUT2D eigenvalue weighted by Crippen LogP contribution is -2.18. The van der Waals surface area contributed by atoms with E-state index in [1.807, 2.05) is 31.6 Å². The van der Waals surface area contributed by atoms with Gasteiger partial charge in [0, 0.05) is 25.9 Å². The molecule has 0 aliphatic heterocycles. The molecule has 1 heterocycles. The fraction of sp³-hybridized carbons (Fsp3) is 0.438. The van der Waals surface area contributed by atoms with Crippen LogP contribution >= 0.6 is 0 Å². The molecule has 2 rings (SSSR count). The molecular formula is C16H23N3O. The predicted octanol–water partition coefficient (Wildman–Crippen LogP) is 2.18. The second-order valence-corrected chi connectivity index (χ2v) is 5.15. The van der Waals surface area contributed by atoms with Gasteiger partial charge in [0.25, 0.3) is 0 Å². The quantitative estimate of drug-likeness (QED) is 0.841. The molecule has 0 amide bonds. The monoisotopic (exact) mass is 273 g/mol. The highest BCUT2D eigenvalue weighted by Crippen LogP contribution is 2.17. The van der Waals surface area contributed by atoms with Crippen LogP contribution in [0.5, 0.6) is 5.75 Å². The number of hydrogen-bond acceptors (Lipinski definition) is 3. The molecular weight excluding hydrogens is 250 g/mol. The Morgan fingerprint density at radius 3 is 2.60 bits per heavy atom. The van der Waals surface area contributed by atoms with Gasteiger partial charge in [-0.15, -0.1) is 0 Å². The summed E-state index contributed by atoms with van der Waals surface area (Å²) < 4.78 is 7.24. The van der Waals surface area contributed by atoms with Crippen LogP contribution in [0.2, 0.25) is 0 Å². The van der Waals surface area contributed by atoms with Crippen molar-refractivity contribution in [1.82, 2.24) is 9.55 Å². The minimum atomic E-state index is 0.486. The molecule has 20 heavy (non-hydrogen) atoms. The lowest BCUT2D eigenvalue weighted by Gasteiger charge is -2.15. The third kappa shape index (κ3) is 3.84. The van der Waals surface area contributed by atoms with Gasteiger partial charge in [0.15, 0.2) is 0 Å². The van der Waals surface area contributed by atoms with Crippen LogP contribution < -0.4 is 10.5 Å². The van der Waals surface area contributed by atoms with E-state index >= 15 is 0 Å². The maximum atomic E-state index is 5.90. The van der Waals surface area contributed by atoms with Gasteiger partial charge < -0.3 is 15.0 Å². The van der Waals surface area contributed by atoms with Crippen molar-refractivity contribution in [2.24, 2.45) is 18.7 Å². The first-order valence-electron chi connectivity index (χ1n) is 7.02. The number of methoxy groups -OCH3 is 1. The predicted molar refractivity (Wildman–Crippen MR) is 80.8 cm³/mol. The van der Waals surface area contributed by atoms with E-state index in [0.29, 0.717) is 12.5 Å². The average Bonchev–Trinajstić information content (AvgIpc) is 2.89. The molecule has 1 atom stereocenters. The second kappa shape index (κ2) is 7.10. The molecule has 0 bridgehead atoms. The second-order valence-electron chi connectivity index (χ2n) is 5.15. The Bertz CT molecular complexity index is 519. The molecule has 0 aliphatic rings. The molecule has 2 aromatic rings. The Morgan fingerprint density at radius 2 is 2.05 bits per heavy atom. The van der Waals surface area contributed by atoms with E-state index < -0.39 is 0 Å². The highest BCUT2D eigenvalue weighted by molar-refractivity contribution is 5.27. The van der Waals surface area contributed by atoms with Gasteiger partial charge in [-0.2, -0.15) is 0 Å². The van der Waals surface area contributed by atoms with Crippen molar-refractivity contribution in [3.63, 3.8) is 0 Å². The van der Waals surface area contributed by atoms with Gasteiger partial charge in [0.1, 0.15) is 11.6 Å². The summed E-state index contributed by atoms with van der Waals surface area (Å²) in [5.41, 5.74) is 7.21. The molecule has 1 aromatic heterocycles. The molecule has 2 N–H and O–H groups in total. The Balaban J connectivity index is 1.89. The fourth-order valence-electron chi connectivity index (χ4n) is 2.37. The van der Waals surface area contributed by atoms with E-state index in [2.05, 4.69) is 21.7 Å². The van der Waals surface area contributed by atoms with Crippen molar-refractivity contribution in [1.29, 1.82) is 0 Å². The number of imidazole rings is 1. The summed E-state index contributed by atoms with van der Waals surface area (Å²) in [6, 6.07) is 8.23. The molecule has 0 radical (unpaired) electrons. The number of hydrogen-bond donors (Lipinski definition) is 1. The summed E-state index contributed by atoms with van der Waals surface area (Å²) in [7, 11) is 3.72. The van der Waals surface area contributed by atoms with Crippen LogP contribution in [0, 0.1) is 5.92 Å². The Morgan fingerprint density at radius 1 is 1.30 bits per heavy atom. The van der Waals surface area contributed by atoms with Crippen LogP contribution in [-0.4, -0.2) is 23.2 Å². The van der Waals surface area contributed by atoms with Gasteiger partial charge in [-0.1, -0.05) is 12.1 Å². The zero-order valence-electron chi connectivity index (χ0n) is 12.2. The molecule has 108 valence electrons. The minimum absolute atomic E-state index is 0.486. The Kier molecular flexibility index (Phi) is 5.18. The van der Waals surface area contributed by atoms with Gasteiger partial charge in [-0.05, 0) is 43.0 Å². The molecule has 0 fully saturated rings. The molecule has 0 saturated carbocycles. The number of ether oxygens (including phenoxy) is 1. The maximum absolute atomic E-state index is 5.90. The number of aryl methyl sites for hydroxylation is 2. The van der Waals surface area contributed by atoms with Crippen LogP contribution in [0.1, 0.15) is 17.8 Å². The zero-order chi connectivity index (χ0) is 14.4. The van der Waals surface area contributed by atoms with Gasteiger partial charge in [-0.25, -0.2) is 4.98 Å². The lowest BCUT2D eigenvalue weighted by molar-refractivity contribution is 0.414. The third-order valence-corrected chi connectivity index (χ3v) is 3.71. The van der Waals surface area contributed by atoms with Crippen LogP contribution in [-0.2, 0) is 19.9 Å². The van der Waals surface area contributed by atoms with Crippen LogP contribution in [0.25, 0.3) is 0 Å². The van der Waals surface area contributed by atoms with Crippen molar-refractivity contribution < 1.29 is 4.74 Å². The van der Waals surface area contributed by atoms with Crippen molar-refractivity contribution in [3.05, 3.63) is 48.0 Å². The Hall–Kier alpha value is -1.81. The van der Waals surface area contributed by atoms with E-state index in [9.17, 15) is 0 Å². The van der Waals surface area contributed by atoms with Gasteiger partial charge in [-0.3, -0.25) is 0 Å². The van der Waals surface area contributed by atoms with E-state index in [1.165, 1.54) is 5.56 Å². The summed E-state index contributed by atoms with van der Waals surface area (Å²) in [5, 5.41) is 0. The largest absolute Gasteiger partial charge is 0.497 e. The molecule has 0 saturated heterocycles. The number of benzene rings is 1. The van der Waals surface area contributed by atoms with Crippen molar-refractivity contribution in [2.45, 2.75) is 19.3 Å². The van der Waals surface area contributed by atoms with E-state index in [4.69, 9.17) is 10.5 Å². The highest BCUT2D eigenvalue weighted by Gasteiger charge is 2.10. The SMILES string of the molecule is COc1ccc(CC(CN)CCc2nccn2C)cc1. The first-order chi connectivity index (χ1) is 9.72. The molecule has 4 heteroatoms. The Labute approximate surface area is 120 Å². The number of nitrogens with zero attached hydrogens (tertiary/aromatic N) is 2. The van der Waals surface area contributed by atoms with Crippen LogP contribution in [0.15, 0.2) is 36.7 Å². The molecule has 4 nitrogen and oxygen atoms in total. The molecule has 1 aromatic carbocycles. The van der Waals surface area contributed by atoms with E-state index in [-0.39, 0.29) is 0 Å². The molecule has 0 aliphatic carbocycles. The van der Waals surface area contributed by atoms with Crippen molar-refractivity contribution >= 4 is 0 Å². The van der Waals surface area contributed by atoms with Gasteiger partial charge in [0.2, 0.25) is 0 Å². The molecule has 1 unspecified atom stereocenters. The summed E-state index contributed by atoms with van der Waals surface area (Å²) in [5.74, 6) is 2.50. The van der Waals surface area contributed by atoms with E-state index in [0.717, 1.165) is 30.8 Å². The number of nitrogens with two attached hydrogens (primary N) is 1. The average molecular weight is 273 g/mol. The molecule has 0 spiro atoms. The highest BCUT2D eigenvalue weighted by atomic mass is 16.5. The minimum Gasteiger partial charge on any atom is -0.497 e. The van der Waals surface area contributed by atoms with Crippen LogP contribution in [0.4, 0.5) is 0 Å². The summed E-state index contributed by atoms with van der Waals surface area (Å²) >= 11 is 0. The summed E-state index contributed by atoms with van der Waals surface area (Å²) in [6.45, 7) is 0.705. The fourth-order valence-corrected chi connectivity index (χ4v) is 2.37. The number of aromatic nitrogens is 2. The lowest BCUT2D eigenvalue weighted by atomic mass is 9.94. The van der Waals surface area contributed by atoms with Crippen molar-refractivity contribution in [2.75, 3.05) is 13.7 Å². The first-order valence-corrected chi connectivity index (χ1v) is 7.02. The summed E-state index contributed by atoms with van der Waals surface area (Å²) in [6.07, 6.45) is 6.87. The van der Waals surface area contributed by atoms with Crippen LogP contribution in [0.3, 0.4) is 0 Å². The standard InChI is InChI=1S/C16H23N3O/c1-19-10-9-18-16(19)8-5-14(12-17)11-13-3-6-15(20-2)7-4-13/h3-4,6-7,9-10,14H,5,8,11-12,17H2,1-2H3. The maximum Gasteiger partial charge on any atom is 0.118 e. The third-order valence-electron chi connectivity index (χ3n) is 3.71. The number of rotatable bonds is 7. The van der Waals surface area contributed by atoms with Gasteiger partial charge >= 0.3 is 0 Å².